The van der Waals surface area contributed by atoms with Crippen LogP contribution in [0.3, 0.4) is 0 Å². The molecule has 0 N–H and O–H groups in total. The molecule has 5 nitrogen and oxygen atoms in total. The summed E-state index contributed by atoms with van der Waals surface area (Å²) in [5.41, 5.74) is 2.87. The van der Waals surface area contributed by atoms with Crippen LogP contribution in [-0.4, -0.2) is 40.5 Å². The topological polar surface area (TPSA) is 55.3 Å². The highest BCUT2D eigenvalue weighted by Gasteiger charge is 2.28. The summed E-state index contributed by atoms with van der Waals surface area (Å²) >= 11 is 3.14. The Morgan fingerprint density at radius 3 is 2.91 bits per heavy atom. The molecule has 124 valence electrons. The Bertz CT molecular complexity index is 661. The largest absolute Gasteiger partial charge is 0.367 e. The first kappa shape index (κ1) is 16.5. The van der Waals surface area contributed by atoms with E-state index in [-0.39, 0.29) is 17.4 Å². The molecular formula is C16H21N3O2S2. The van der Waals surface area contributed by atoms with Crippen LogP contribution in [0.25, 0.3) is 0 Å². The Morgan fingerprint density at radius 1 is 1.43 bits per heavy atom. The second-order valence-electron chi connectivity index (χ2n) is 6.66. The maximum Gasteiger partial charge on any atom is 0.228 e. The fraction of sp³-hybridized carbons (Fsp3) is 0.562. The van der Waals surface area contributed by atoms with Crippen molar-refractivity contribution in [2.75, 3.05) is 19.7 Å². The summed E-state index contributed by atoms with van der Waals surface area (Å²) in [6.07, 6.45) is 2.06. The molecule has 3 rings (SSSR count). The van der Waals surface area contributed by atoms with Gasteiger partial charge in [0.25, 0.3) is 0 Å². The van der Waals surface area contributed by atoms with Crippen LogP contribution in [0.5, 0.6) is 0 Å². The van der Waals surface area contributed by atoms with Gasteiger partial charge in [0.1, 0.15) is 11.1 Å². The van der Waals surface area contributed by atoms with Crippen LogP contribution in [0, 0.1) is 0 Å². The highest BCUT2D eigenvalue weighted by atomic mass is 32.1. The number of morpholine rings is 1. The van der Waals surface area contributed by atoms with Crippen molar-refractivity contribution in [3.63, 3.8) is 0 Å². The Hall–Kier alpha value is -1.31. The molecule has 1 aliphatic heterocycles. The van der Waals surface area contributed by atoms with Crippen molar-refractivity contribution in [3.05, 3.63) is 32.7 Å². The van der Waals surface area contributed by atoms with Gasteiger partial charge in [-0.2, -0.15) is 0 Å². The third kappa shape index (κ3) is 3.97. The standard InChI is InChI=1S/C16H21N3O2S2/c1-16(2,3)13-9-22-15(18-13)12-8-19(4-5-21-12)14(20)6-11-7-17-10-23-11/h7,9-10,12H,4-6,8H2,1-3H3. The summed E-state index contributed by atoms with van der Waals surface area (Å²) in [6, 6.07) is 0. The molecule has 1 amide bonds. The first-order valence-corrected chi connectivity index (χ1v) is 9.42. The zero-order valence-electron chi connectivity index (χ0n) is 13.6. The van der Waals surface area contributed by atoms with E-state index in [2.05, 4.69) is 31.1 Å². The molecule has 1 unspecified atom stereocenters. The number of aromatic nitrogens is 2. The minimum atomic E-state index is -0.115. The zero-order chi connectivity index (χ0) is 16.4. The highest BCUT2D eigenvalue weighted by molar-refractivity contribution is 7.10. The molecule has 0 aromatic carbocycles. The van der Waals surface area contributed by atoms with E-state index < -0.39 is 0 Å². The van der Waals surface area contributed by atoms with Crippen molar-refractivity contribution >= 4 is 28.6 Å². The molecule has 1 fully saturated rings. The van der Waals surface area contributed by atoms with Crippen molar-refractivity contribution < 1.29 is 9.53 Å². The summed E-state index contributed by atoms with van der Waals surface area (Å²) in [5.74, 6) is 0.134. The lowest BCUT2D eigenvalue weighted by Gasteiger charge is -2.32. The number of hydrogen-bond acceptors (Lipinski definition) is 6. The van der Waals surface area contributed by atoms with E-state index in [0.29, 0.717) is 26.1 Å². The van der Waals surface area contributed by atoms with Gasteiger partial charge in [0.05, 0.1) is 30.8 Å². The van der Waals surface area contributed by atoms with Gasteiger partial charge in [-0.1, -0.05) is 20.8 Å². The van der Waals surface area contributed by atoms with Crippen LogP contribution in [0.15, 0.2) is 17.1 Å². The second-order valence-corrected chi connectivity index (χ2v) is 8.53. The molecule has 1 atom stereocenters. The lowest BCUT2D eigenvalue weighted by atomic mass is 9.93. The van der Waals surface area contributed by atoms with E-state index in [0.717, 1.165) is 15.6 Å². The van der Waals surface area contributed by atoms with E-state index >= 15 is 0 Å². The monoisotopic (exact) mass is 351 g/mol. The van der Waals surface area contributed by atoms with Crippen molar-refractivity contribution in [2.24, 2.45) is 0 Å². The van der Waals surface area contributed by atoms with E-state index in [1.165, 1.54) is 11.3 Å². The van der Waals surface area contributed by atoms with E-state index in [1.54, 1.807) is 23.0 Å². The van der Waals surface area contributed by atoms with E-state index in [4.69, 9.17) is 9.72 Å². The number of thiazole rings is 2. The molecule has 2 aromatic heterocycles. The summed E-state index contributed by atoms with van der Waals surface area (Å²) in [5, 5.41) is 3.06. The van der Waals surface area contributed by atoms with Gasteiger partial charge in [-0.3, -0.25) is 9.78 Å². The van der Waals surface area contributed by atoms with Crippen LogP contribution in [0.1, 0.15) is 42.5 Å². The fourth-order valence-electron chi connectivity index (χ4n) is 2.40. The number of rotatable bonds is 3. The molecule has 0 aliphatic carbocycles. The smallest absolute Gasteiger partial charge is 0.228 e. The molecule has 2 aromatic rings. The molecule has 0 spiro atoms. The lowest BCUT2D eigenvalue weighted by Crippen LogP contribution is -2.42. The van der Waals surface area contributed by atoms with Crippen LogP contribution in [0.4, 0.5) is 0 Å². The van der Waals surface area contributed by atoms with Crippen molar-refractivity contribution in [1.29, 1.82) is 0 Å². The van der Waals surface area contributed by atoms with Crippen LogP contribution in [0.2, 0.25) is 0 Å². The maximum atomic E-state index is 12.4. The minimum Gasteiger partial charge on any atom is -0.367 e. The summed E-state index contributed by atoms with van der Waals surface area (Å²) in [4.78, 5) is 24.1. The third-order valence-electron chi connectivity index (χ3n) is 3.79. The molecule has 23 heavy (non-hydrogen) atoms. The van der Waals surface area contributed by atoms with Crippen molar-refractivity contribution in [2.45, 2.75) is 38.7 Å². The summed E-state index contributed by atoms with van der Waals surface area (Å²) < 4.78 is 5.85. The second kappa shape index (κ2) is 6.67. The van der Waals surface area contributed by atoms with Gasteiger partial charge in [-0.15, -0.1) is 22.7 Å². The van der Waals surface area contributed by atoms with Gasteiger partial charge in [0.15, 0.2) is 0 Å². The van der Waals surface area contributed by atoms with Gasteiger partial charge in [0, 0.05) is 28.4 Å². The summed E-state index contributed by atoms with van der Waals surface area (Å²) in [7, 11) is 0. The Morgan fingerprint density at radius 2 is 2.26 bits per heavy atom. The van der Waals surface area contributed by atoms with E-state index in [9.17, 15) is 4.79 Å². The van der Waals surface area contributed by atoms with Crippen LogP contribution >= 0.6 is 22.7 Å². The highest BCUT2D eigenvalue weighted by Crippen LogP contribution is 2.30. The molecule has 0 saturated carbocycles. The Balaban J connectivity index is 1.66. The van der Waals surface area contributed by atoms with Crippen LogP contribution < -0.4 is 0 Å². The normalized spacial score (nSPS) is 19.1. The lowest BCUT2D eigenvalue weighted by molar-refractivity contribution is -0.138. The number of carbonyl (C=O) groups is 1. The number of ether oxygens (including phenoxy) is 1. The first-order chi connectivity index (χ1) is 10.9. The molecule has 3 heterocycles. The van der Waals surface area contributed by atoms with Gasteiger partial charge in [-0.05, 0) is 0 Å². The third-order valence-corrected chi connectivity index (χ3v) is 5.51. The Kier molecular flexibility index (Phi) is 4.79. The average Bonchev–Trinajstić information content (AvgIpc) is 3.18. The van der Waals surface area contributed by atoms with Gasteiger partial charge >= 0.3 is 0 Å². The molecule has 1 saturated heterocycles. The summed E-state index contributed by atoms with van der Waals surface area (Å²) in [6.45, 7) is 8.24. The van der Waals surface area contributed by atoms with Gasteiger partial charge in [0.2, 0.25) is 5.91 Å². The quantitative estimate of drug-likeness (QED) is 0.853. The number of hydrogen-bond donors (Lipinski definition) is 0. The molecule has 0 bridgehead atoms. The number of carbonyl (C=O) groups excluding carboxylic acids is 1. The molecule has 1 aliphatic rings. The van der Waals surface area contributed by atoms with Gasteiger partial charge < -0.3 is 9.64 Å². The first-order valence-electron chi connectivity index (χ1n) is 7.66. The van der Waals surface area contributed by atoms with E-state index in [1.807, 2.05) is 4.90 Å². The zero-order valence-corrected chi connectivity index (χ0v) is 15.2. The van der Waals surface area contributed by atoms with Crippen molar-refractivity contribution in [1.82, 2.24) is 14.9 Å². The SMILES string of the molecule is CC(C)(C)c1csc(C2CN(C(=O)Cc3cncs3)CCO2)n1. The molecule has 7 heteroatoms. The van der Waals surface area contributed by atoms with Crippen molar-refractivity contribution in [3.8, 4) is 0 Å². The van der Waals surface area contributed by atoms with Gasteiger partial charge in [-0.25, -0.2) is 4.98 Å². The predicted molar refractivity (Wildman–Crippen MR) is 91.9 cm³/mol. The maximum absolute atomic E-state index is 12.4. The number of amides is 1. The molecule has 0 radical (unpaired) electrons. The Labute approximate surface area is 144 Å². The van der Waals surface area contributed by atoms with Crippen LogP contribution in [-0.2, 0) is 21.4 Å². The molecular weight excluding hydrogens is 330 g/mol. The number of nitrogens with zero attached hydrogens (tertiary/aromatic N) is 3. The predicted octanol–water partition coefficient (Wildman–Crippen LogP) is 3.04. The fourth-order valence-corrected chi connectivity index (χ4v) is 4.07. The minimum absolute atomic E-state index is 0.0328. The average molecular weight is 351 g/mol.